The Morgan fingerprint density at radius 2 is 1.78 bits per heavy atom. The molecular weight excluding hydrogens is 381 g/mol. The van der Waals surface area contributed by atoms with Crippen molar-refractivity contribution in [1.82, 2.24) is 10.2 Å². The highest BCUT2D eigenvalue weighted by molar-refractivity contribution is 6.34. The summed E-state index contributed by atoms with van der Waals surface area (Å²) in [5.41, 5.74) is 8.87. The standard InChI is InChI=1S/C21H23Cl2N3O/c22-17-7-14(8-18(23)10-17)9-19-13-26(6-5-25-19)21(20(24)27)11-15-3-1-2-4-16(15)12-21/h1-4,7-8,10,19,25H,5-6,9,11-13H2,(H2,24,27). The molecule has 6 heteroatoms. The second-order valence-corrected chi connectivity index (χ2v) is 8.47. The van der Waals surface area contributed by atoms with Crippen LogP contribution >= 0.6 is 23.2 Å². The molecule has 1 fully saturated rings. The van der Waals surface area contributed by atoms with E-state index >= 15 is 0 Å². The summed E-state index contributed by atoms with van der Waals surface area (Å²) >= 11 is 12.3. The van der Waals surface area contributed by atoms with Gasteiger partial charge in [0.2, 0.25) is 5.91 Å². The minimum atomic E-state index is -0.629. The number of primary amides is 1. The molecule has 0 spiro atoms. The van der Waals surface area contributed by atoms with Gasteiger partial charge in [-0.15, -0.1) is 0 Å². The van der Waals surface area contributed by atoms with Crippen LogP contribution in [0, 0.1) is 0 Å². The first-order valence-electron chi connectivity index (χ1n) is 9.26. The summed E-state index contributed by atoms with van der Waals surface area (Å²) < 4.78 is 0. The van der Waals surface area contributed by atoms with Crippen LogP contribution in [0.5, 0.6) is 0 Å². The van der Waals surface area contributed by atoms with Crippen molar-refractivity contribution in [2.45, 2.75) is 30.8 Å². The fraction of sp³-hybridized carbons (Fsp3) is 0.381. The van der Waals surface area contributed by atoms with E-state index in [4.69, 9.17) is 28.9 Å². The lowest BCUT2D eigenvalue weighted by molar-refractivity contribution is -0.130. The summed E-state index contributed by atoms with van der Waals surface area (Å²) in [6.07, 6.45) is 2.18. The van der Waals surface area contributed by atoms with Gasteiger partial charge in [0, 0.05) is 48.6 Å². The number of carbonyl (C=O) groups is 1. The zero-order valence-corrected chi connectivity index (χ0v) is 16.6. The van der Waals surface area contributed by atoms with Gasteiger partial charge in [-0.1, -0.05) is 47.5 Å². The lowest BCUT2D eigenvalue weighted by Gasteiger charge is -2.44. The first-order valence-corrected chi connectivity index (χ1v) is 10.0. The van der Waals surface area contributed by atoms with Gasteiger partial charge in [0.1, 0.15) is 5.54 Å². The molecule has 27 heavy (non-hydrogen) atoms. The lowest BCUT2D eigenvalue weighted by atomic mass is 9.90. The van der Waals surface area contributed by atoms with Gasteiger partial charge in [-0.05, 0) is 41.3 Å². The molecule has 1 amide bonds. The molecule has 4 nitrogen and oxygen atoms in total. The number of nitrogens with one attached hydrogen (secondary N) is 1. The highest BCUT2D eigenvalue weighted by Gasteiger charge is 2.48. The topological polar surface area (TPSA) is 58.4 Å². The normalized spacial score (nSPS) is 21.8. The molecule has 2 aromatic rings. The van der Waals surface area contributed by atoms with E-state index in [-0.39, 0.29) is 11.9 Å². The Hall–Kier alpha value is -1.59. The monoisotopic (exact) mass is 403 g/mol. The first kappa shape index (κ1) is 18.8. The predicted octanol–water partition coefficient (Wildman–Crippen LogP) is 2.83. The van der Waals surface area contributed by atoms with Gasteiger partial charge in [0.05, 0.1) is 0 Å². The van der Waals surface area contributed by atoms with Crippen LogP contribution < -0.4 is 11.1 Å². The summed E-state index contributed by atoms with van der Waals surface area (Å²) in [6, 6.07) is 14.1. The number of rotatable bonds is 4. The maximum absolute atomic E-state index is 12.6. The highest BCUT2D eigenvalue weighted by Crippen LogP contribution is 2.35. The molecule has 2 aliphatic rings. The summed E-state index contributed by atoms with van der Waals surface area (Å²) in [5.74, 6) is -0.231. The van der Waals surface area contributed by atoms with Crippen molar-refractivity contribution in [3.05, 3.63) is 69.2 Å². The van der Waals surface area contributed by atoms with Crippen LogP contribution in [0.4, 0.5) is 0 Å². The minimum absolute atomic E-state index is 0.216. The average molecular weight is 404 g/mol. The number of amides is 1. The van der Waals surface area contributed by atoms with Crippen LogP contribution in [-0.2, 0) is 24.1 Å². The van der Waals surface area contributed by atoms with E-state index in [1.165, 1.54) is 11.1 Å². The molecule has 1 unspecified atom stereocenters. The molecule has 4 rings (SSSR count). The van der Waals surface area contributed by atoms with Gasteiger partial charge in [-0.3, -0.25) is 9.69 Å². The fourth-order valence-electron chi connectivity index (χ4n) is 4.51. The van der Waals surface area contributed by atoms with E-state index in [1.807, 2.05) is 24.3 Å². The van der Waals surface area contributed by atoms with E-state index in [9.17, 15) is 4.79 Å². The molecule has 1 heterocycles. The van der Waals surface area contributed by atoms with Crippen molar-refractivity contribution in [2.75, 3.05) is 19.6 Å². The van der Waals surface area contributed by atoms with Gasteiger partial charge >= 0.3 is 0 Å². The van der Waals surface area contributed by atoms with Crippen LogP contribution in [0.25, 0.3) is 0 Å². The number of hydrogen-bond acceptors (Lipinski definition) is 3. The van der Waals surface area contributed by atoms with E-state index in [0.29, 0.717) is 22.9 Å². The van der Waals surface area contributed by atoms with E-state index in [1.54, 1.807) is 6.07 Å². The van der Waals surface area contributed by atoms with Crippen molar-refractivity contribution < 1.29 is 4.79 Å². The smallest absolute Gasteiger partial charge is 0.238 e. The Morgan fingerprint density at radius 3 is 2.37 bits per heavy atom. The van der Waals surface area contributed by atoms with Crippen molar-refractivity contribution in [3.8, 4) is 0 Å². The van der Waals surface area contributed by atoms with E-state index < -0.39 is 5.54 Å². The molecule has 1 aliphatic heterocycles. The zero-order chi connectivity index (χ0) is 19.0. The van der Waals surface area contributed by atoms with Crippen LogP contribution in [0.2, 0.25) is 10.0 Å². The second kappa shape index (κ2) is 7.44. The van der Waals surface area contributed by atoms with Gasteiger partial charge in [0.25, 0.3) is 0 Å². The lowest BCUT2D eigenvalue weighted by Crippen LogP contribution is -2.65. The zero-order valence-electron chi connectivity index (χ0n) is 15.1. The Bertz CT molecular complexity index is 825. The summed E-state index contributed by atoms with van der Waals surface area (Å²) in [7, 11) is 0. The van der Waals surface area contributed by atoms with Crippen LogP contribution in [0.15, 0.2) is 42.5 Å². The van der Waals surface area contributed by atoms with Gasteiger partial charge in [0.15, 0.2) is 0 Å². The van der Waals surface area contributed by atoms with Crippen molar-refractivity contribution in [1.29, 1.82) is 0 Å². The highest BCUT2D eigenvalue weighted by atomic mass is 35.5. The number of hydrogen-bond donors (Lipinski definition) is 2. The average Bonchev–Trinajstić information content (AvgIpc) is 3.02. The third-order valence-corrected chi connectivity index (χ3v) is 6.24. The number of carbonyl (C=O) groups excluding carboxylic acids is 1. The van der Waals surface area contributed by atoms with Gasteiger partial charge in [-0.2, -0.15) is 0 Å². The van der Waals surface area contributed by atoms with Gasteiger partial charge in [-0.25, -0.2) is 0 Å². The Labute approximate surface area is 169 Å². The van der Waals surface area contributed by atoms with E-state index in [2.05, 4.69) is 22.3 Å². The van der Waals surface area contributed by atoms with Crippen molar-refractivity contribution in [3.63, 3.8) is 0 Å². The minimum Gasteiger partial charge on any atom is -0.368 e. The molecular formula is C21H23Cl2N3O. The quantitative estimate of drug-likeness (QED) is 0.824. The number of nitrogens with zero attached hydrogens (tertiary/aromatic N) is 1. The summed E-state index contributed by atoms with van der Waals surface area (Å²) in [6.45, 7) is 2.40. The first-order chi connectivity index (χ1) is 13.0. The third-order valence-electron chi connectivity index (χ3n) is 5.81. The number of piperazine rings is 1. The molecule has 0 aromatic heterocycles. The molecule has 3 N–H and O–H groups in total. The van der Waals surface area contributed by atoms with Crippen LogP contribution in [0.1, 0.15) is 16.7 Å². The SMILES string of the molecule is NC(=O)C1(N2CCNC(Cc3cc(Cl)cc(Cl)c3)C2)Cc2ccccc2C1. The predicted molar refractivity (Wildman–Crippen MR) is 109 cm³/mol. The van der Waals surface area contributed by atoms with Crippen LogP contribution in [0.3, 0.4) is 0 Å². The molecule has 1 atom stereocenters. The molecule has 0 bridgehead atoms. The molecule has 1 aliphatic carbocycles. The molecule has 1 saturated heterocycles. The van der Waals surface area contributed by atoms with Crippen molar-refractivity contribution >= 4 is 29.1 Å². The molecule has 142 valence electrons. The number of fused-ring (bicyclic) bond motifs is 1. The number of nitrogens with two attached hydrogens (primary N) is 1. The maximum Gasteiger partial charge on any atom is 0.238 e. The summed E-state index contributed by atoms with van der Waals surface area (Å²) in [4.78, 5) is 14.9. The molecule has 0 saturated carbocycles. The number of benzene rings is 2. The molecule has 0 radical (unpaired) electrons. The number of halogens is 2. The Kier molecular flexibility index (Phi) is 5.17. The Balaban J connectivity index is 1.54. The second-order valence-electron chi connectivity index (χ2n) is 7.60. The fourth-order valence-corrected chi connectivity index (χ4v) is 5.08. The third kappa shape index (κ3) is 3.72. The molecule has 2 aromatic carbocycles. The van der Waals surface area contributed by atoms with E-state index in [0.717, 1.165) is 31.6 Å². The van der Waals surface area contributed by atoms with Crippen molar-refractivity contribution in [2.24, 2.45) is 5.73 Å². The van der Waals surface area contributed by atoms with Gasteiger partial charge < -0.3 is 11.1 Å². The largest absolute Gasteiger partial charge is 0.368 e. The Morgan fingerprint density at radius 1 is 1.15 bits per heavy atom. The maximum atomic E-state index is 12.6. The summed E-state index contributed by atoms with van der Waals surface area (Å²) in [5, 5.41) is 4.84. The van der Waals surface area contributed by atoms with Crippen LogP contribution in [-0.4, -0.2) is 42.0 Å².